The third kappa shape index (κ3) is 3.84. The van der Waals surface area contributed by atoms with Gasteiger partial charge >= 0.3 is 0 Å². The summed E-state index contributed by atoms with van der Waals surface area (Å²) in [5.74, 6) is -0.655. The molecule has 1 aromatic carbocycles. The van der Waals surface area contributed by atoms with Crippen molar-refractivity contribution in [3.05, 3.63) is 59.8 Å². The predicted molar refractivity (Wildman–Crippen MR) is 127 cm³/mol. The minimum Gasteiger partial charge on any atom is -0.476 e. The number of nitrogens with zero attached hydrogens (tertiary/aromatic N) is 6. The lowest BCUT2D eigenvalue weighted by molar-refractivity contribution is -0.138. The number of ether oxygens (including phenoxy) is 1. The molecule has 8 nitrogen and oxygen atoms in total. The summed E-state index contributed by atoms with van der Waals surface area (Å²) in [6, 6.07) is 1.75. The minimum atomic E-state index is -0.620. The molecule has 186 valence electrons. The number of carbonyl (C=O) groups is 1. The van der Waals surface area contributed by atoms with Crippen LogP contribution in [0.3, 0.4) is 0 Å². The molecule has 36 heavy (non-hydrogen) atoms. The Morgan fingerprint density at radius 2 is 1.94 bits per heavy atom. The van der Waals surface area contributed by atoms with E-state index in [1.807, 2.05) is 17.8 Å². The van der Waals surface area contributed by atoms with Gasteiger partial charge in [0.2, 0.25) is 11.8 Å². The topological polar surface area (TPSA) is 85.5 Å². The average molecular weight is 493 g/mol. The molecule has 10 heteroatoms. The first kappa shape index (κ1) is 22.8. The Hall–Kier alpha value is -3.69. The van der Waals surface area contributed by atoms with Gasteiger partial charge in [-0.2, -0.15) is 5.10 Å². The molecule has 2 aromatic heterocycles. The summed E-state index contributed by atoms with van der Waals surface area (Å²) in [4.78, 5) is 26.5. The molecular weight excluding hydrogens is 466 g/mol. The molecule has 7 rings (SSSR count). The molecule has 3 heterocycles. The van der Waals surface area contributed by atoms with Crippen LogP contribution in [0.2, 0.25) is 0 Å². The second-order valence-corrected chi connectivity index (χ2v) is 10.3. The van der Waals surface area contributed by atoms with Crippen LogP contribution in [0.25, 0.3) is 11.4 Å². The van der Waals surface area contributed by atoms with Crippen LogP contribution in [0, 0.1) is 35.8 Å². The Balaban J connectivity index is 1.10. The molecule has 0 saturated heterocycles. The number of fused-ring (bicyclic) bond motifs is 1. The van der Waals surface area contributed by atoms with Gasteiger partial charge in [-0.3, -0.25) is 4.79 Å². The van der Waals surface area contributed by atoms with E-state index in [0.717, 1.165) is 18.5 Å². The van der Waals surface area contributed by atoms with E-state index >= 15 is 0 Å². The number of aryl methyl sites for hydroxylation is 2. The molecule has 1 unspecified atom stereocenters. The maximum atomic E-state index is 14.6. The molecule has 2 atom stereocenters. The predicted octanol–water partition coefficient (Wildman–Crippen LogP) is 4.22. The quantitative estimate of drug-likeness (QED) is 0.515. The summed E-state index contributed by atoms with van der Waals surface area (Å²) in [5.41, 5.74) is 1.72. The first-order chi connectivity index (χ1) is 17.3. The highest BCUT2D eigenvalue weighted by Crippen LogP contribution is 2.62. The van der Waals surface area contributed by atoms with E-state index in [0.29, 0.717) is 31.0 Å². The van der Waals surface area contributed by atoms with Crippen LogP contribution in [-0.4, -0.2) is 43.3 Å². The van der Waals surface area contributed by atoms with Crippen molar-refractivity contribution in [1.82, 2.24) is 24.5 Å². The molecule has 3 aliphatic carbocycles. The third-order valence-electron chi connectivity index (χ3n) is 7.74. The maximum Gasteiger partial charge on any atom is 0.246 e. The first-order valence-corrected chi connectivity index (χ1v) is 12.1. The van der Waals surface area contributed by atoms with Gasteiger partial charge in [-0.05, 0) is 49.8 Å². The highest BCUT2D eigenvalue weighted by atomic mass is 19.1. The van der Waals surface area contributed by atoms with Crippen LogP contribution in [0.15, 0.2) is 42.2 Å². The van der Waals surface area contributed by atoms with Crippen LogP contribution < -0.4 is 4.74 Å². The molecule has 0 spiro atoms. The van der Waals surface area contributed by atoms with E-state index in [-0.39, 0.29) is 34.3 Å². The fourth-order valence-electron chi connectivity index (χ4n) is 5.87. The molecule has 1 aliphatic heterocycles. The van der Waals surface area contributed by atoms with Crippen molar-refractivity contribution >= 4 is 12.1 Å². The highest BCUT2D eigenvalue weighted by Gasteiger charge is 2.59. The van der Waals surface area contributed by atoms with E-state index < -0.39 is 17.7 Å². The molecule has 1 amide bonds. The van der Waals surface area contributed by atoms with Gasteiger partial charge in [0.25, 0.3) is 0 Å². The van der Waals surface area contributed by atoms with E-state index in [9.17, 15) is 13.6 Å². The van der Waals surface area contributed by atoms with Crippen LogP contribution in [0.1, 0.15) is 42.9 Å². The molecule has 2 bridgehead atoms. The second kappa shape index (κ2) is 8.46. The van der Waals surface area contributed by atoms with Crippen molar-refractivity contribution in [2.24, 2.45) is 29.4 Å². The number of rotatable bonds is 6. The van der Waals surface area contributed by atoms with Crippen LogP contribution >= 0.6 is 0 Å². The molecule has 0 radical (unpaired) electrons. The first-order valence-electron chi connectivity index (χ1n) is 12.1. The van der Waals surface area contributed by atoms with Crippen LogP contribution in [0.5, 0.6) is 5.88 Å². The zero-order valence-corrected chi connectivity index (χ0v) is 20.1. The lowest BCUT2D eigenvalue weighted by Crippen LogP contribution is -2.36. The van der Waals surface area contributed by atoms with Gasteiger partial charge in [-0.15, -0.1) is 0 Å². The number of hydrogen-bond donors (Lipinski definition) is 0. The monoisotopic (exact) mass is 492 g/mol. The summed E-state index contributed by atoms with van der Waals surface area (Å²) in [7, 11) is 1.89. The van der Waals surface area contributed by atoms with Gasteiger partial charge in [-0.25, -0.2) is 28.7 Å². The lowest BCUT2D eigenvalue weighted by atomic mass is 9.70. The maximum absolute atomic E-state index is 14.6. The number of hydrogen-bond acceptors (Lipinski definition) is 6. The Bertz CT molecular complexity index is 1350. The Kier molecular flexibility index (Phi) is 5.35. The summed E-state index contributed by atoms with van der Waals surface area (Å²) in [6.07, 6.45) is 11.2. The molecule has 3 aromatic rings. The standard InChI is InChI=1S/C26H26F2N6O2/c1-15-5-20(28)17(6-19(15)27)23-3-4-32-34(23)25(35)18-9-26(7-16(18)8-26)13-36-24-11-29-21(10-30-24)22-12-33(2)14-31-22/h4-6,10-12,14,16,18,23H,3,7-9,13H2,1-2H3/t16?,18-,23?,26?/m0/s1. The average Bonchev–Trinajstić information content (AvgIpc) is 3.63. The van der Waals surface area contributed by atoms with E-state index in [2.05, 4.69) is 20.1 Å². The van der Waals surface area contributed by atoms with Crippen molar-refractivity contribution in [2.45, 2.75) is 38.6 Å². The Morgan fingerprint density at radius 3 is 2.67 bits per heavy atom. The third-order valence-corrected chi connectivity index (χ3v) is 7.74. The van der Waals surface area contributed by atoms with Crippen molar-refractivity contribution in [3.8, 4) is 17.3 Å². The number of amides is 1. The molecule has 3 fully saturated rings. The molecule has 4 aliphatic rings. The lowest BCUT2D eigenvalue weighted by Gasteiger charge is -2.38. The van der Waals surface area contributed by atoms with Gasteiger partial charge in [0.15, 0.2) is 0 Å². The normalized spacial score (nSPS) is 26.3. The highest BCUT2D eigenvalue weighted by molar-refractivity contribution is 5.83. The van der Waals surface area contributed by atoms with Gasteiger partial charge in [0.05, 0.1) is 31.4 Å². The number of carbonyl (C=O) groups excluding carboxylic acids is 1. The van der Waals surface area contributed by atoms with Gasteiger partial charge in [0, 0.05) is 42.8 Å². The van der Waals surface area contributed by atoms with Gasteiger partial charge in [0.1, 0.15) is 23.0 Å². The zero-order chi connectivity index (χ0) is 25.0. The van der Waals surface area contributed by atoms with Crippen LogP contribution in [0.4, 0.5) is 8.78 Å². The van der Waals surface area contributed by atoms with Crippen LogP contribution in [-0.2, 0) is 11.8 Å². The summed E-state index contributed by atoms with van der Waals surface area (Å²) >= 11 is 0. The van der Waals surface area contributed by atoms with Crippen molar-refractivity contribution in [3.63, 3.8) is 0 Å². The minimum absolute atomic E-state index is 0.0908. The number of benzene rings is 1. The van der Waals surface area contributed by atoms with Gasteiger partial charge < -0.3 is 9.30 Å². The summed E-state index contributed by atoms with van der Waals surface area (Å²) in [5, 5.41) is 5.60. The van der Waals surface area contributed by atoms with Crippen molar-refractivity contribution in [2.75, 3.05) is 6.61 Å². The van der Waals surface area contributed by atoms with Crippen molar-refractivity contribution < 1.29 is 18.3 Å². The van der Waals surface area contributed by atoms with E-state index in [1.54, 1.807) is 24.9 Å². The van der Waals surface area contributed by atoms with Crippen molar-refractivity contribution in [1.29, 1.82) is 0 Å². The van der Waals surface area contributed by atoms with E-state index in [4.69, 9.17) is 4.74 Å². The second-order valence-electron chi connectivity index (χ2n) is 10.3. The Labute approximate surface area is 207 Å². The summed E-state index contributed by atoms with van der Waals surface area (Å²) < 4.78 is 36.6. The largest absolute Gasteiger partial charge is 0.476 e. The number of hydrazone groups is 1. The van der Waals surface area contributed by atoms with E-state index in [1.165, 1.54) is 24.1 Å². The Morgan fingerprint density at radius 1 is 1.11 bits per heavy atom. The number of imidazole rings is 1. The molecule has 3 saturated carbocycles. The molecule has 0 N–H and O–H groups in total. The number of halogens is 2. The smallest absolute Gasteiger partial charge is 0.246 e. The fraction of sp³-hybridized carbons (Fsp3) is 0.423. The number of aromatic nitrogens is 4. The SMILES string of the molecule is Cc1cc(F)c(C2CC=NN2C(=O)[C@H]2CC3(COc4cnc(-c5cn(C)cn5)cn4)CC2C3)cc1F. The summed E-state index contributed by atoms with van der Waals surface area (Å²) in [6.45, 7) is 1.97. The zero-order valence-electron chi connectivity index (χ0n) is 20.1. The van der Waals surface area contributed by atoms with Gasteiger partial charge in [-0.1, -0.05) is 0 Å². The molecular formula is C26H26F2N6O2. The fourth-order valence-corrected chi connectivity index (χ4v) is 5.87.